The number of aromatic nitrogens is 1. The van der Waals surface area contributed by atoms with Crippen LogP contribution in [0.1, 0.15) is 23.2 Å². The van der Waals surface area contributed by atoms with E-state index >= 15 is 0 Å². The van der Waals surface area contributed by atoms with E-state index in [1.807, 2.05) is 53.4 Å². The van der Waals surface area contributed by atoms with Gasteiger partial charge in [0.05, 0.1) is 29.8 Å². The summed E-state index contributed by atoms with van der Waals surface area (Å²) in [4.78, 5) is 32.1. The highest BCUT2D eigenvalue weighted by atomic mass is 16.5. The van der Waals surface area contributed by atoms with E-state index < -0.39 is 0 Å². The molecule has 0 radical (unpaired) electrons. The molecule has 1 saturated heterocycles. The average Bonchev–Trinajstić information content (AvgIpc) is 2.92. The van der Waals surface area contributed by atoms with E-state index in [0.717, 1.165) is 33.3 Å². The van der Waals surface area contributed by atoms with Crippen LogP contribution >= 0.6 is 0 Å². The molecule has 0 bridgehead atoms. The van der Waals surface area contributed by atoms with Crippen LogP contribution in [0.4, 0.5) is 0 Å². The van der Waals surface area contributed by atoms with Crippen LogP contribution in [0.3, 0.4) is 0 Å². The van der Waals surface area contributed by atoms with Crippen molar-refractivity contribution < 1.29 is 14.3 Å². The van der Waals surface area contributed by atoms with Crippen LogP contribution in [0, 0.1) is 5.92 Å². The van der Waals surface area contributed by atoms with Crippen molar-refractivity contribution in [3.05, 3.63) is 90.5 Å². The Hall–Kier alpha value is -3.99. The molecule has 0 atom stereocenters. The molecular weight excluding hydrogens is 424 g/mol. The van der Waals surface area contributed by atoms with Gasteiger partial charge in [-0.15, -0.1) is 0 Å². The van der Waals surface area contributed by atoms with Gasteiger partial charge in [0.1, 0.15) is 0 Å². The molecule has 170 valence electrons. The van der Waals surface area contributed by atoms with Gasteiger partial charge in [-0.3, -0.25) is 9.59 Å². The molecule has 1 aliphatic heterocycles. The molecule has 5 nitrogen and oxygen atoms in total. The summed E-state index contributed by atoms with van der Waals surface area (Å²) in [5.74, 6) is -0.353. The highest BCUT2D eigenvalue weighted by molar-refractivity contribution is 6.07. The van der Waals surface area contributed by atoms with Crippen molar-refractivity contribution in [2.24, 2.45) is 5.92 Å². The molecule has 0 N–H and O–H groups in total. The molecule has 0 unspecified atom stereocenters. The minimum Gasteiger partial charge on any atom is -0.469 e. The zero-order valence-electron chi connectivity index (χ0n) is 19.1. The molecule has 2 heterocycles. The Labute approximate surface area is 199 Å². The monoisotopic (exact) mass is 450 g/mol. The SMILES string of the molecule is COC(=O)C1CCN(C(=O)c2cc(-c3ccc(-c4ccccc4)cc3)nc3ccccc23)CC1. The van der Waals surface area contributed by atoms with Crippen molar-refractivity contribution >= 4 is 22.8 Å². The van der Waals surface area contributed by atoms with Gasteiger partial charge in [0, 0.05) is 24.0 Å². The number of benzene rings is 3. The fourth-order valence-electron chi connectivity index (χ4n) is 4.62. The van der Waals surface area contributed by atoms with Gasteiger partial charge in [-0.1, -0.05) is 72.8 Å². The zero-order valence-corrected chi connectivity index (χ0v) is 19.1. The third kappa shape index (κ3) is 4.29. The fraction of sp³-hybridized carbons (Fsp3) is 0.207. The second-order valence-corrected chi connectivity index (χ2v) is 8.61. The highest BCUT2D eigenvalue weighted by Crippen LogP contribution is 2.29. The molecule has 4 aromatic rings. The Balaban J connectivity index is 1.46. The first kappa shape index (κ1) is 21.8. The molecule has 1 fully saturated rings. The molecule has 34 heavy (non-hydrogen) atoms. The number of pyridine rings is 1. The van der Waals surface area contributed by atoms with Crippen LogP contribution in [0.25, 0.3) is 33.3 Å². The normalized spacial score (nSPS) is 14.2. The van der Waals surface area contributed by atoms with Crippen molar-refractivity contribution in [2.75, 3.05) is 20.2 Å². The molecule has 5 heteroatoms. The number of hydrogen-bond donors (Lipinski definition) is 0. The number of likely N-dealkylation sites (tertiary alicyclic amines) is 1. The summed E-state index contributed by atoms with van der Waals surface area (Å²) in [5, 5.41) is 0.840. The van der Waals surface area contributed by atoms with Crippen molar-refractivity contribution in [3.63, 3.8) is 0 Å². The average molecular weight is 451 g/mol. The number of piperidine rings is 1. The molecule has 0 spiro atoms. The van der Waals surface area contributed by atoms with E-state index in [2.05, 4.69) is 36.4 Å². The Morgan fingerprint density at radius 1 is 0.824 bits per heavy atom. The maximum Gasteiger partial charge on any atom is 0.308 e. The maximum absolute atomic E-state index is 13.6. The van der Waals surface area contributed by atoms with Crippen LogP contribution in [-0.2, 0) is 9.53 Å². The first-order chi connectivity index (χ1) is 16.6. The highest BCUT2D eigenvalue weighted by Gasteiger charge is 2.29. The summed E-state index contributed by atoms with van der Waals surface area (Å²) in [7, 11) is 1.41. The second-order valence-electron chi connectivity index (χ2n) is 8.61. The number of methoxy groups -OCH3 is 1. The smallest absolute Gasteiger partial charge is 0.308 e. The summed E-state index contributed by atoms with van der Waals surface area (Å²) in [6.07, 6.45) is 1.24. The van der Waals surface area contributed by atoms with Gasteiger partial charge >= 0.3 is 5.97 Å². The molecule has 0 aliphatic carbocycles. The Morgan fingerprint density at radius 3 is 2.15 bits per heavy atom. The van der Waals surface area contributed by atoms with Gasteiger partial charge < -0.3 is 9.64 Å². The summed E-state index contributed by atoms with van der Waals surface area (Å²) >= 11 is 0. The Morgan fingerprint density at radius 2 is 1.44 bits per heavy atom. The third-order valence-corrected chi connectivity index (χ3v) is 6.55. The van der Waals surface area contributed by atoms with E-state index in [1.165, 1.54) is 7.11 Å². The van der Waals surface area contributed by atoms with Crippen molar-refractivity contribution in [2.45, 2.75) is 12.8 Å². The third-order valence-electron chi connectivity index (χ3n) is 6.55. The van der Waals surface area contributed by atoms with E-state index in [-0.39, 0.29) is 17.8 Å². The van der Waals surface area contributed by atoms with Gasteiger partial charge in [-0.05, 0) is 36.1 Å². The number of carbonyl (C=O) groups excluding carboxylic acids is 2. The fourth-order valence-corrected chi connectivity index (χ4v) is 4.62. The Bertz CT molecular complexity index is 1320. The summed E-state index contributed by atoms with van der Waals surface area (Å²) in [6.45, 7) is 1.08. The van der Waals surface area contributed by atoms with Crippen molar-refractivity contribution in [1.82, 2.24) is 9.88 Å². The second kappa shape index (κ2) is 9.48. The van der Waals surface area contributed by atoms with Crippen LogP contribution in [0.15, 0.2) is 84.9 Å². The lowest BCUT2D eigenvalue weighted by molar-refractivity contribution is -0.146. The molecular formula is C29H26N2O3. The lowest BCUT2D eigenvalue weighted by Gasteiger charge is -2.31. The van der Waals surface area contributed by atoms with E-state index in [9.17, 15) is 9.59 Å². The van der Waals surface area contributed by atoms with Crippen LogP contribution in [0.2, 0.25) is 0 Å². The lowest BCUT2D eigenvalue weighted by atomic mass is 9.95. The molecule has 0 saturated carbocycles. The number of esters is 1. The molecule has 1 aromatic heterocycles. The van der Waals surface area contributed by atoms with Gasteiger partial charge in [0.2, 0.25) is 0 Å². The molecule has 5 rings (SSSR count). The molecule has 1 aliphatic rings. The summed E-state index contributed by atoms with van der Waals surface area (Å²) < 4.78 is 4.88. The number of nitrogens with zero attached hydrogens (tertiary/aromatic N) is 2. The minimum atomic E-state index is -0.192. The maximum atomic E-state index is 13.6. The minimum absolute atomic E-state index is 0.0240. The quantitative estimate of drug-likeness (QED) is 0.380. The number of rotatable bonds is 4. The van der Waals surface area contributed by atoms with Gasteiger partial charge in [0.25, 0.3) is 5.91 Å². The largest absolute Gasteiger partial charge is 0.469 e. The van der Waals surface area contributed by atoms with Gasteiger partial charge in [-0.2, -0.15) is 0 Å². The molecule has 1 amide bonds. The van der Waals surface area contributed by atoms with Crippen molar-refractivity contribution in [1.29, 1.82) is 0 Å². The standard InChI is InChI=1S/C29H26N2O3/c1-34-29(33)23-15-17-31(18-16-23)28(32)25-19-27(30-26-10-6-5-9-24(25)26)22-13-11-21(12-14-22)20-7-3-2-4-8-20/h2-14,19,23H,15-18H2,1H3. The summed E-state index contributed by atoms with van der Waals surface area (Å²) in [5.41, 5.74) is 5.46. The predicted octanol–water partition coefficient (Wildman–Crippen LogP) is 5.59. The zero-order chi connectivity index (χ0) is 23.5. The molecule has 3 aromatic carbocycles. The topological polar surface area (TPSA) is 59.5 Å². The van der Waals surface area contributed by atoms with Crippen LogP contribution in [-0.4, -0.2) is 42.0 Å². The number of carbonyl (C=O) groups is 2. The summed E-state index contributed by atoms with van der Waals surface area (Å²) in [6, 6.07) is 28.2. The number of amides is 1. The van der Waals surface area contributed by atoms with Crippen LogP contribution < -0.4 is 0 Å². The number of hydrogen-bond acceptors (Lipinski definition) is 4. The van der Waals surface area contributed by atoms with Crippen molar-refractivity contribution in [3.8, 4) is 22.4 Å². The number of ether oxygens (including phenoxy) is 1. The van der Waals surface area contributed by atoms with E-state index in [1.54, 1.807) is 0 Å². The first-order valence-corrected chi connectivity index (χ1v) is 11.6. The van der Waals surface area contributed by atoms with E-state index in [0.29, 0.717) is 31.5 Å². The van der Waals surface area contributed by atoms with E-state index in [4.69, 9.17) is 9.72 Å². The Kier molecular flexibility index (Phi) is 6.09. The van der Waals surface area contributed by atoms with Crippen LogP contribution in [0.5, 0.6) is 0 Å². The number of para-hydroxylation sites is 1. The predicted molar refractivity (Wildman–Crippen MR) is 133 cm³/mol. The van der Waals surface area contributed by atoms with Gasteiger partial charge in [0.15, 0.2) is 0 Å². The van der Waals surface area contributed by atoms with Gasteiger partial charge in [-0.25, -0.2) is 4.98 Å². The first-order valence-electron chi connectivity index (χ1n) is 11.6. The lowest BCUT2D eigenvalue weighted by Crippen LogP contribution is -2.40. The number of fused-ring (bicyclic) bond motifs is 1.